The number of rotatable bonds is 4. The maximum atomic E-state index is 13.7. The van der Waals surface area contributed by atoms with Gasteiger partial charge in [-0.3, -0.25) is 4.79 Å². The number of aliphatic hydroxyl groups is 1. The topological polar surface area (TPSA) is 49.3 Å². The van der Waals surface area contributed by atoms with Crippen LogP contribution in [0.1, 0.15) is 28.9 Å². The van der Waals surface area contributed by atoms with Crippen molar-refractivity contribution in [1.29, 1.82) is 0 Å². The molecule has 2 N–H and O–H groups in total. The lowest BCUT2D eigenvalue weighted by atomic mass is 10.0. The zero-order valence-electron chi connectivity index (χ0n) is 11.7. The molecule has 2 atom stereocenters. The van der Waals surface area contributed by atoms with Crippen LogP contribution in [-0.4, -0.2) is 17.1 Å². The van der Waals surface area contributed by atoms with Gasteiger partial charge in [0.25, 0.3) is 5.91 Å². The van der Waals surface area contributed by atoms with Gasteiger partial charge in [0, 0.05) is 0 Å². The van der Waals surface area contributed by atoms with Gasteiger partial charge in [0.1, 0.15) is 11.6 Å². The molecule has 0 aliphatic rings. The first kappa shape index (κ1) is 16.4. The smallest absolute Gasteiger partial charge is 0.256 e. The summed E-state index contributed by atoms with van der Waals surface area (Å²) < 4.78 is 26.5. The van der Waals surface area contributed by atoms with Crippen molar-refractivity contribution < 1.29 is 18.7 Å². The first-order valence-electron chi connectivity index (χ1n) is 6.58. The molecule has 0 spiro atoms. The number of nitrogens with one attached hydrogen (secondary N) is 1. The molecule has 0 bridgehead atoms. The molecule has 0 unspecified atom stereocenters. The summed E-state index contributed by atoms with van der Waals surface area (Å²) in [5, 5.41) is 12.6. The molecule has 2 rings (SSSR count). The summed E-state index contributed by atoms with van der Waals surface area (Å²) in [7, 11) is 0. The molecule has 0 aliphatic heterocycles. The maximum Gasteiger partial charge on any atom is 0.256 e. The van der Waals surface area contributed by atoms with Crippen molar-refractivity contribution in [2.75, 3.05) is 0 Å². The van der Waals surface area contributed by atoms with Crippen molar-refractivity contribution in [2.45, 2.75) is 19.1 Å². The molecule has 3 nitrogen and oxygen atoms in total. The second-order valence-corrected chi connectivity index (χ2v) is 5.26. The summed E-state index contributed by atoms with van der Waals surface area (Å²) in [4.78, 5) is 12.1. The van der Waals surface area contributed by atoms with E-state index in [-0.39, 0.29) is 10.6 Å². The predicted octanol–water partition coefficient (Wildman–Crippen LogP) is 3.47. The average molecular weight is 326 g/mol. The van der Waals surface area contributed by atoms with Crippen LogP contribution in [0.4, 0.5) is 8.78 Å². The molecule has 0 aliphatic carbocycles. The van der Waals surface area contributed by atoms with Crippen molar-refractivity contribution in [3.63, 3.8) is 0 Å². The Morgan fingerprint density at radius 3 is 2.41 bits per heavy atom. The van der Waals surface area contributed by atoms with E-state index in [1.54, 1.807) is 6.92 Å². The largest absolute Gasteiger partial charge is 0.386 e. The molecule has 0 aromatic heterocycles. The van der Waals surface area contributed by atoms with Crippen LogP contribution in [0.3, 0.4) is 0 Å². The van der Waals surface area contributed by atoms with Gasteiger partial charge in [-0.05, 0) is 36.8 Å². The SMILES string of the molecule is C[C@@H](NC(=O)c1c(F)cccc1Cl)[C@H](O)c1ccc(F)cc1. The molecule has 6 heteroatoms. The van der Waals surface area contributed by atoms with E-state index in [0.717, 1.165) is 6.07 Å². The average Bonchev–Trinajstić information content (AvgIpc) is 2.47. The number of carbonyl (C=O) groups excluding carboxylic acids is 1. The number of hydrogen-bond donors (Lipinski definition) is 2. The van der Waals surface area contributed by atoms with Crippen LogP contribution >= 0.6 is 11.6 Å². The minimum absolute atomic E-state index is 0.0130. The zero-order valence-corrected chi connectivity index (χ0v) is 12.4. The van der Waals surface area contributed by atoms with Gasteiger partial charge in [0.2, 0.25) is 0 Å². The van der Waals surface area contributed by atoms with Gasteiger partial charge in [-0.25, -0.2) is 8.78 Å². The summed E-state index contributed by atoms with van der Waals surface area (Å²) in [5.41, 5.74) is 0.163. The minimum Gasteiger partial charge on any atom is -0.386 e. The number of aliphatic hydroxyl groups excluding tert-OH is 1. The van der Waals surface area contributed by atoms with Gasteiger partial charge in [0.05, 0.1) is 22.7 Å². The number of benzene rings is 2. The van der Waals surface area contributed by atoms with Crippen LogP contribution in [0.25, 0.3) is 0 Å². The first-order valence-corrected chi connectivity index (χ1v) is 6.96. The van der Waals surface area contributed by atoms with E-state index < -0.39 is 29.7 Å². The highest BCUT2D eigenvalue weighted by molar-refractivity contribution is 6.33. The summed E-state index contributed by atoms with van der Waals surface area (Å²) in [5.74, 6) is -1.89. The third-order valence-electron chi connectivity index (χ3n) is 3.23. The molecule has 0 radical (unpaired) electrons. The fraction of sp³-hybridized carbons (Fsp3) is 0.188. The number of carbonyl (C=O) groups is 1. The number of halogens is 3. The quantitative estimate of drug-likeness (QED) is 0.904. The second kappa shape index (κ2) is 6.85. The summed E-state index contributed by atoms with van der Waals surface area (Å²) in [6.07, 6.45) is -1.06. The van der Waals surface area contributed by atoms with E-state index >= 15 is 0 Å². The number of amides is 1. The summed E-state index contributed by atoms with van der Waals surface area (Å²) in [6, 6.07) is 8.46. The van der Waals surface area contributed by atoms with E-state index in [9.17, 15) is 18.7 Å². The Labute approximate surface area is 131 Å². The third-order valence-corrected chi connectivity index (χ3v) is 3.55. The standard InChI is InChI=1S/C16H14ClF2NO2/c1-9(15(21)10-5-7-11(18)8-6-10)20-16(22)14-12(17)3-2-4-13(14)19/h2-9,15,21H,1H3,(H,20,22)/t9-,15+/m1/s1. The monoisotopic (exact) mass is 325 g/mol. The molecule has 0 saturated heterocycles. The van der Waals surface area contributed by atoms with Gasteiger partial charge in [-0.1, -0.05) is 29.8 Å². The van der Waals surface area contributed by atoms with Gasteiger partial charge < -0.3 is 10.4 Å². The Morgan fingerprint density at radius 2 is 1.82 bits per heavy atom. The van der Waals surface area contributed by atoms with E-state index in [4.69, 9.17) is 11.6 Å². The molecule has 0 fully saturated rings. The Kier molecular flexibility index (Phi) is 5.11. The van der Waals surface area contributed by atoms with Crippen LogP contribution in [-0.2, 0) is 0 Å². The molecule has 1 amide bonds. The molecular formula is C16H14ClF2NO2. The van der Waals surface area contributed by atoms with Crippen molar-refractivity contribution in [3.8, 4) is 0 Å². The van der Waals surface area contributed by atoms with E-state index in [1.807, 2.05) is 0 Å². The van der Waals surface area contributed by atoms with Gasteiger partial charge >= 0.3 is 0 Å². The predicted molar refractivity (Wildman–Crippen MR) is 79.7 cm³/mol. The van der Waals surface area contributed by atoms with Crippen molar-refractivity contribution in [1.82, 2.24) is 5.32 Å². The van der Waals surface area contributed by atoms with Gasteiger partial charge in [0.15, 0.2) is 0 Å². The lowest BCUT2D eigenvalue weighted by Gasteiger charge is -2.21. The molecule has 0 heterocycles. The first-order chi connectivity index (χ1) is 10.4. The van der Waals surface area contributed by atoms with Crippen LogP contribution in [0.2, 0.25) is 5.02 Å². The van der Waals surface area contributed by atoms with Crippen LogP contribution in [0.5, 0.6) is 0 Å². The Bertz CT molecular complexity index is 656. The lowest BCUT2D eigenvalue weighted by Crippen LogP contribution is -2.37. The molecule has 0 saturated carbocycles. The summed E-state index contributed by atoms with van der Waals surface area (Å²) >= 11 is 5.82. The van der Waals surface area contributed by atoms with Crippen molar-refractivity contribution in [2.24, 2.45) is 0 Å². The highest BCUT2D eigenvalue weighted by atomic mass is 35.5. The minimum atomic E-state index is -1.06. The van der Waals surface area contributed by atoms with Crippen LogP contribution in [0, 0.1) is 11.6 Å². The van der Waals surface area contributed by atoms with Crippen molar-refractivity contribution >= 4 is 17.5 Å². The maximum absolute atomic E-state index is 13.7. The molecular weight excluding hydrogens is 312 g/mol. The Balaban J connectivity index is 2.12. The van der Waals surface area contributed by atoms with E-state index in [1.165, 1.54) is 36.4 Å². The molecule has 2 aromatic carbocycles. The number of hydrogen-bond acceptors (Lipinski definition) is 2. The molecule has 2 aromatic rings. The third kappa shape index (κ3) is 3.61. The van der Waals surface area contributed by atoms with Crippen LogP contribution in [0.15, 0.2) is 42.5 Å². The highest BCUT2D eigenvalue weighted by Crippen LogP contribution is 2.21. The second-order valence-electron chi connectivity index (χ2n) is 4.86. The summed E-state index contributed by atoms with van der Waals surface area (Å²) in [6.45, 7) is 1.56. The van der Waals surface area contributed by atoms with Crippen LogP contribution < -0.4 is 5.32 Å². The normalized spacial score (nSPS) is 13.5. The Hall–Kier alpha value is -1.98. The fourth-order valence-electron chi connectivity index (χ4n) is 2.02. The van der Waals surface area contributed by atoms with E-state index in [0.29, 0.717) is 5.56 Å². The zero-order chi connectivity index (χ0) is 16.3. The molecule has 22 heavy (non-hydrogen) atoms. The highest BCUT2D eigenvalue weighted by Gasteiger charge is 2.22. The van der Waals surface area contributed by atoms with E-state index in [2.05, 4.69) is 5.32 Å². The Morgan fingerprint density at radius 1 is 1.18 bits per heavy atom. The van der Waals surface area contributed by atoms with Gasteiger partial charge in [-0.2, -0.15) is 0 Å². The molecule has 116 valence electrons. The fourth-order valence-corrected chi connectivity index (χ4v) is 2.27. The van der Waals surface area contributed by atoms with Crippen molar-refractivity contribution in [3.05, 3.63) is 70.2 Å². The van der Waals surface area contributed by atoms with Gasteiger partial charge in [-0.15, -0.1) is 0 Å². The lowest BCUT2D eigenvalue weighted by molar-refractivity contribution is 0.0848.